The van der Waals surface area contributed by atoms with Gasteiger partial charge in [0.15, 0.2) is 35.7 Å². The predicted molar refractivity (Wildman–Crippen MR) is 231 cm³/mol. The fourth-order valence-electron chi connectivity index (χ4n) is 7.61. The maximum absolute atomic E-state index is 15.1. The number of carbonyl (C=O) groups is 1. The first-order valence-electron chi connectivity index (χ1n) is 20.0. The van der Waals surface area contributed by atoms with Crippen molar-refractivity contribution < 1.29 is 42.4 Å². The van der Waals surface area contributed by atoms with Gasteiger partial charge in [0.05, 0.1) is 18.8 Å². The summed E-state index contributed by atoms with van der Waals surface area (Å²) in [6, 6.07) is 12.3. The van der Waals surface area contributed by atoms with Crippen molar-refractivity contribution >= 4 is 11.7 Å². The van der Waals surface area contributed by atoms with Crippen molar-refractivity contribution in [3.63, 3.8) is 0 Å². The summed E-state index contributed by atoms with van der Waals surface area (Å²) >= 11 is 0. The van der Waals surface area contributed by atoms with Crippen molar-refractivity contribution in [2.75, 3.05) is 11.9 Å². The maximum atomic E-state index is 15.1. The number of alkyl halides is 3. The molecule has 3 aromatic heterocycles. The molecule has 0 radical (unpaired) electrons. The maximum Gasteiger partial charge on any atom is 0.351 e. The highest BCUT2D eigenvalue weighted by Crippen LogP contribution is 2.47. The van der Waals surface area contributed by atoms with Gasteiger partial charge in [-0.1, -0.05) is 60.7 Å². The molecule has 18 nitrogen and oxygen atoms in total. The number of hydrogen-bond acceptors (Lipinski definition) is 12. The Balaban J connectivity index is 0.000000258. The number of H-pyrrole nitrogens is 2. The molecule has 0 unspecified atom stereocenters. The minimum Gasteiger partial charge on any atom is -0.394 e. The van der Waals surface area contributed by atoms with Crippen LogP contribution in [-0.2, 0) is 14.2 Å². The summed E-state index contributed by atoms with van der Waals surface area (Å²) in [4.78, 5) is 77.6. The van der Waals surface area contributed by atoms with Gasteiger partial charge < -0.3 is 29.7 Å². The quantitative estimate of drug-likeness (QED) is 0.168. The molecule has 6 heterocycles. The first kappa shape index (κ1) is 52.9. The number of rotatable bonds is 8. The number of aromatic nitrogens is 6. The zero-order valence-corrected chi connectivity index (χ0v) is 35.2. The van der Waals surface area contributed by atoms with Gasteiger partial charge in [0.2, 0.25) is 0 Å². The van der Waals surface area contributed by atoms with E-state index in [2.05, 4.69) is 15.3 Å². The second-order valence-electron chi connectivity index (χ2n) is 15.9. The molecule has 0 bridgehead atoms. The minimum atomic E-state index is -2.25. The number of carbonyl (C=O) groups excluding carboxylic acids is 1. The van der Waals surface area contributed by atoms with Gasteiger partial charge >= 0.3 is 17.1 Å². The Morgan fingerprint density at radius 1 is 0.703 bits per heavy atom. The minimum absolute atomic E-state index is 0. The van der Waals surface area contributed by atoms with Crippen LogP contribution in [0, 0.1) is 11.8 Å². The number of hydrogen-bond donors (Lipinski definition) is 5. The van der Waals surface area contributed by atoms with Crippen LogP contribution in [0.25, 0.3) is 0 Å². The Morgan fingerprint density at radius 3 is 1.52 bits per heavy atom. The van der Waals surface area contributed by atoms with Crippen LogP contribution in [0.4, 0.5) is 19.0 Å². The van der Waals surface area contributed by atoms with Crippen LogP contribution in [-0.4, -0.2) is 92.8 Å². The molecule has 1 aromatic carbocycles. The van der Waals surface area contributed by atoms with Gasteiger partial charge in [-0.2, -0.15) is 4.98 Å². The lowest BCUT2D eigenvalue weighted by Crippen LogP contribution is -2.43. The summed E-state index contributed by atoms with van der Waals surface area (Å²) in [6.45, 7) is 10.7. The fraction of sp³-hybridized carbons (Fsp3) is 0.558. The van der Waals surface area contributed by atoms with Crippen LogP contribution in [0.2, 0.25) is 0 Å². The van der Waals surface area contributed by atoms with Crippen LogP contribution in [0.5, 0.6) is 0 Å². The molecule has 0 saturated carbocycles. The number of nitrogens with one attached hydrogen (secondary N) is 3. The highest BCUT2D eigenvalue weighted by Gasteiger charge is 2.56. The van der Waals surface area contributed by atoms with Gasteiger partial charge in [0.1, 0.15) is 18.0 Å². The van der Waals surface area contributed by atoms with E-state index in [4.69, 9.17) is 19.3 Å². The van der Waals surface area contributed by atoms with Crippen LogP contribution in [0.15, 0.2) is 91.1 Å². The molecule has 3 aliphatic heterocycles. The van der Waals surface area contributed by atoms with E-state index in [0.29, 0.717) is 18.4 Å². The van der Waals surface area contributed by atoms with E-state index < -0.39 is 82.7 Å². The van der Waals surface area contributed by atoms with Gasteiger partial charge in [-0.05, 0) is 51.8 Å². The van der Waals surface area contributed by atoms with Crippen molar-refractivity contribution in [1.82, 2.24) is 28.7 Å². The predicted octanol–water partition coefficient (Wildman–Crippen LogP) is 4.16. The van der Waals surface area contributed by atoms with Crippen LogP contribution < -0.4 is 33.5 Å². The fourth-order valence-corrected chi connectivity index (χ4v) is 7.61. The van der Waals surface area contributed by atoms with Crippen LogP contribution in [0.1, 0.15) is 105 Å². The standard InChI is InChI=1S/C19H22FN3O3.C12H17FN2O3.C10H13FN2O5.2CH4/c1-4-14-12(2)19(3,20)17(26-14)23-11-10-15(22-18(23)25)21-16(24)13-8-6-5-7-9-13;1-4-8-7(2)12(3,13)10(18-8)15-6-5-9(16)14-11(15)17;1-10(11)7(16)5(4-14)18-8(10)13-3-2-6(15)12-9(13)17;;/h5-12,14,17H,4H2,1-3H3,(H,21,22,24,25);5-8,10H,4H2,1-3H3,(H,14,16,17);2-3,5,7-8,14,16H,4H2,1H3,(H,12,15,17);2*1H4/t12-,14-,17-,19-;7-,8-,10-,12-;5-,7-,8-,10-;;/m111../s1. The Labute approximate surface area is 367 Å². The second-order valence-corrected chi connectivity index (χ2v) is 15.9. The van der Waals surface area contributed by atoms with Gasteiger partial charge in [-0.15, -0.1) is 0 Å². The van der Waals surface area contributed by atoms with E-state index in [-0.39, 0.29) is 50.6 Å². The number of benzene rings is 1. The Kier molecular flexibility index (Phi) is 17.4. The topological polar surface area (TPSA) is 242 Å². The molecule has 12 atom stereocenters. The number of aromatic amines is 2. The van der Waals surface area contributed by atoms with Gasteiger partial charge in [0.25, 0.3) is 17.0 Å². The zero-order valence-electron chi connectivity index (χ0n) is 35.2. The third kappa shape index (κ3) is 10.7. The normalized spacial score (nSPS) is 31.6. The Hall–Kier alpha value is -5.48. The third-order valence-corrected chi connectivity index (χ3v) is 11.7. The molecule has 3 fully saturated rings. The largest absolute Gasteiger partial charge is 0.394 e. The van der Waals surface area contributed by atoms with Crippen molar-refractivity contribution in [3.8, 4) is 0 Å². The third-order valence-electron chi connectivity index (χ3n) is 11.7. The van der Waals surface area contributed by atoms with E-state index in [9.17, 15) is 42.7 Å². The number of amides is 1. The number of ether oxygens (including phenoxy) is 3. The van der Waals surface area contributed by atoms with Gasteiger partial charge in [-0.3, -0.25) is 38.1 Å². The number of halogens is 3. The van der Waals surface area contributed by atoms with Crippen molar-refractivity contribution in [2.45, 2.75) is 136 Å². The van der Waals surface area contributed by atoms with E-state index in [1.165, 1.54) is 38.4 Å². The molecule has 0 spiro atoms. The number of anilines is 1. The summed E-state index contributed by atoms with van der Waals surface area (Å²) in [5.41, 5.74) is -8.44. The summed E-state index contributed by atoms with van der Waals surface area (Å²) in [5, 5.41) is 21.2. The zero-order chi connectivity index (χ0) is 45.9. The lowest BCUT2D eigenvalue weighted by atomic mass is 9.88. The Morgan fingerprint density at radius 2 is 1.12 bits per heavy atom. The van der Waals surface area contributed by atoms with E-state index >= 15 is 4.39 Å². The van der Waals surface area contributed by atoms with Crippen LogP contribution in [0.3, 0.4) is 0 Å². The summed E-state index contributed by atoms with van der Waals surface area (Å²) in [6.07, 6.45) is -1.54. The molecule has 3 aliphatic rings. The highest BCUT2D eigenvalue weighted by atomic mass is 19.2. The average Bonchev–Trinajstić information content (AvgIpc) is 3.70. The molecule has 0 aliphatic carbocycles. The van der Waals surface area contributed by atoms with E-state index in [0.717, 1.165) is 32.9 Å². The summed E-state index contributed by atoms with van der Waals surface area (Å²) in [7, 11) is 0. The van der Waals surface area contributed by atoms with Crippen molar-refractivity contribution in [2.24, 2.45) is 11.8 Å². The monoisotopic (exact) mass is 907 g/mol. The molecule has 64 heavy (non-hydrogen) atoms. The smallest absolute Gasteiger partial charge is 0.351 e. The molecule has 3 saturated heterocycles. The molecular weight excluding hydrogens is 848 g/mol. The van der Waals surface area contributed by atoms with Gasteiger partial charge in [-0.25, -0.2) is 27.6 Å². The first-order valence-corrected chi connectivity index (χ1v) is 20.0. The summed E-state index contributed by atoms with van der Waals surface area (Å²) in [5.74, 6) is -0.922. The second kappa shape index (κ2) is 21.0. The Bertz CT molecular complexity index is 2390. The van der Waals surface area contributed by atoms with Crippen molar-refractivity contribution in [1.29, 1.82) is 0 Å². The molecular formula is C43H60F3N7O11. The van der Waals surface area contributed by atoms with Crippen LogP contribution >= 0.6 is 0 Å². The first-order chi connectivity index (χ1) is 29.1. The van der Waals surface area contributed by atoms with Gasteiger partial charge in [0, 0.05) is 48.1 Å². The summed E-state index contributed by atoms with van der Waals surface area (Å²) < 4.78 is 63.7. The molecule has 21 heteroatoms. The highest BCUT2D eigenvalue weighted by molar-refractivity contribution is 6.03. The molecule has 354 valence electrons. The molecule has 5 N–H and O–H groups in total. The van der Waals surface area contributed by atoms with Crippen molar-refractivity contribution in [3.05, 3.63) is 125 Å². The molecule has 7 rings (SSSR count). The lowest BCUT2D eigenvalue weighted by Gasteiger charge is -2.25. The lowest BCUT2D eigenvalue weighted by molar-refractivity contribution is -0.0611. The number of aliphatic hydroxyl groups excluding tert-OH is 2. The molecule has 1 amide bonds. The SMILES string of the molecule is C.C.CC[C@H]1O[C@@H](n2ccc(=O)[nH]c2=O)[C@](C)(F)[C@@H]1C.CC[C@H]1O[C@@H](n2ccc(NC(=O)c3ccccc3)nc2=O)[C@](C)(F)[C@@H]1C.C[C@@]1(F)[C@H](O)[C@@H](CO)O[C@H]1n1ccc(=O)[nH]c1=O. The molecule has 4 aromatic rings. The van der Waals surface area contributed by atoms with E-state index in [1.54, 1.807) is 44.2 Å². The van der Waals surface area contributed by atoms with E-state index in [1.807, 2.05) is 18.8 Å². The average molecular weight is 908 g/mol. The number of aliphatic hydroxyl groups is 2. The number of nitrogens with zero attached hydrogens (tertiary/aromatic N) is 4.